The molecule has 2 amide bonds. The van der Waals surface area contributed by atoms with E-state index >= 15 is 0 Å². The molecule has 5 heteroatoms. The van der Waals surface area contributed by atoms with E-state index in [9.17, 15) is 14.7 Å². The molecule has 23 heavy (non-hydrogen) atoms. The van der Waals surface area contributed by atoms with Crippen LogP contribution in [0.2, 0.25) is 0 Å². The molecule has 1 aromatic carbocycles. The predicted octanol–water partition coefficient (Wildman–Crippen LogP) is 1.63. The Morgan fingerprint density at radius 3 is 2.48 bits per heavy atom. The highest BCUT2D eigenvalue weighted by atomic mass is 16.3. The van der Waals surface area contributed by atoms with Gasteiger partial charge in [0.05, 0.1) is 6.10 Å². The van der Waals surface area contributed by atoms with Crippen molar-refractivity contribution in [2.24, 2.45) is 0 Å². The lowest BCUT2D eigenvalue weighted by Crippen LogP contribution is -2.40. The minimum atomic E-state index is -0.291. The largest absolute Gasteiger partial charge is 0.393 e. The molecule has 0 bridgehead atoms. The Balaban J connectivity index is 1.71. The molecule has 1 aromatic rings. The van der Waals surface area contributed by atoms with Crippen molar-refractivity contribution >= 4 is 11.8 Å². The highest BCUT2D eigenvalue weighted by molar-refractivity contribution is 5.83. The third-order valence-electron chi connectivity index (χ3n) is 4.36. The summed E-state index contributed by atoms with van der Waals surface area (Å²) in [6.45, 7) is 3.78. The normalized spacial score (nSPS) is 15.5. The number of likely N-dealkylation sites (tertiary alicyclic amines) is 1. The molecule has 0 aliphatic carbocycles. The third kappa shape index (κ3) is 5.36. The van der Waals surface area contributed by atoms with Gasteiger partial charge in [0.2, 0.25) is 11.8 Å². The monoisotopic (exact) mass is 318 g/mol. The van der Waals surface area contributed by atoms with Gasteiger partial charge in [-0.1, -0.05) is 31.2 Å². The fourth-order valence-corrected chi connectivity index (χ4v) is 2.85. The standard InChI is InChI=1S/C18H26N2O3/c1-2-14-5-3-4-6-15(14)13-19-17(22)7-8-18(23)20-11-9-16(21)10-12-20/h3-6,16,21H,2,7-13H2,1H3,(H,19,22). The Morgan fingerprint density at radius 1 is 1.17 bits per heavy atom. The molecule has 0 unspecified atom stereocenters. The number of amides is 2. The topological polar surface area (TPSA) is 69.6 Å². The van der Waals surface area contributed by atoms with Crippen molar-refractivity contribution in [1.29, 1.82) is 0 Å². The maximum Gasteiger partial charge on any atom is 0.223 e. The van der Waals surface area contributed by atoms with Crippen LogP contribution in [0.1, 0.15) is 43.7 Å². The van der Waals surface area contributed by atoms with Crippen LogP contribution in [0.5, 0.6) is 0 Å². The van der Waals surface area contributed by atoms with Gasteiger partial charge in [0.1, 0.15) is 0 Å². The van der Waals surface area contributed by atoms with Crippen LogP contribution in [0.15, 0.2) is 24.3 Å². The fourth-order valence-electron chi connectivity index (χ4n) is 2.85. The quantitative estimate of drug-likeness (QED) is 0.837. The smallest absolute Gasteiger partial charge is 0.223 e. The van der Waals surface area contributed by atoms with E-state index in [1.54, 1.807) is 4.90 Å². The van der Waals surface area contributed by atoms with Crippen LogP contribution < -0.4 is 5.32 Å². The van der Waals surface area contributed by atoms with Crippen molar-refractivity contribution in [3.05, 3.63) is 35.4 Å². The summed E-state index contributed by atoms with van der Waals surface area (Å²) in [5.41, 5.74) is 2.36. The molecule has 1 aliphatic heterocycles. The number of piperidine rings is 1. The Bertz CT molecular complexity index is 537. The van der Waals surface area contributed by atoms with Gasteiger partial charge in [0.25, 0.3) is 0 Å². The summed E-state index contributed by atoms with van der Waals surface area (Å²) in [4.78, 5) is 25.7. The van der Waals surface area contributed by atoms with Gasteiger partial charge in [-0.15, -0.1) is 0 Å². The van der Waals surface area contributed by atoms with Crippen LogP contribution in [0.4, 0.5) is 0 Å². The minimum Gasteiger partial charge on any atom is -0.393 e. The number of rotatable bonds is 6. The highest BCUT2D eigenvalue weighted by Gasteiger charge is 2.21. The van der Waals surface area contributed by atoms with Gasteiger partial charge in [-0.2, -0.15) is 0 Å². The maximum absolute atomic E-state index is 12.0. The fraction of sp³-hybridized carbons (Fsp3) is 0.556. The van der Waals surface area contributed by atoms with Crippen molar-refractivity contribution in [3.63, 3.8) is 0 Å². The molecule has 0 atom stereocenters. The summed E-state index contributed by atoms with van der Waals surface area (Å²) >= 11 is 0. The average molecular weight is 318 g/mol. The molecule has 2 N–H and O–H groups in total. The predicted molar refractivity (Wildman–Crippen MR) is 88.7 cm³/mol. The van der Waals surface area contributed by atoms with Crippen LogP contribution in [-0.4, -0.2) is 41.0 Å². The second-order valence-corrected chi connectivity index (χ2v) is 6.01. The lowest BCUT2D eigenvalue weighted by molar-refractivity contribution is -0.135. The molecule has 126 valence electrons. The van der Waals surface area contributed by atoms with Crippen LogP contribution in [0.25, 0.3) is 0 Å². The molecule has 1 fully saturated rings. The molecular formula is C18H26N2O3. The molecule has 1 saturated heterocycles. The van der Waals surface area contributed by atoms with Crippen molar-refractivity contribution in [1.82, 2.24) is 10.2 Å². The molecule has 0 radical (unpaired) electrons. The second kappa shape index (κ2) is 8.67. The lowest BCUT2D eigenvalue weighted by Gasteiger charge is -2.29. The van der Waals surface area contributed by atoms with E-state index in [0.29, 0.717) is 32.5 Å². The van der Waals surface area contributed by atoms with E-state index in [1.807, 2.05) is 18.2 Å². The number of nitrogens with zero attached hydrogens (tertiary/aromatic N) is 1. The summed E-state index contributed by atoms with van der Waals surface area (Å²) in [5.74, 6) is -0.0951. The Hall–Kier alpha value is -1.88. The van der Waals surface area contributed by atoms with Gasteiger partial charge in [-0.25, -0.2) is 0 Å². The van der Waals surface area contributed by atoms with Crippen molar-refractivity contribution < 1.29 is 14.7 Å². The zero-order chi connectivity index (χ0) is 16.7. The first kappa shape index (κ1) is 17.5. The summed E-state index contributed by atoms with van der Waals surface area (Å²) in [6.07, 6.45) is 2.35. The third-order valence-corrected chi connectivity index (χ3v) is 4.36. The lowest BCUT2D eigenvalue weighted by atomic mass is 10.1. The summed E-state index contributed by atoms with van der Waals surface area (Å²) < 4.78 is 0. The molecule has 0 saturated carbocycles. The second-order valence-electron chi connectivity index (χ2n) is 6.01. The van der Waals surface area contributed by atoms with Crippen LogP contribution in [-0.2, 0) is 22.6 Å². The maximum atomic E-state index is 12.0. The number of aryl methyl sites for hydroxylation is 1. The van der Waals surface area contributed by atoms with E-state index < -0.39 is 0 Å². The molecular weight excluding hydrogens is 292 g/mol. The van der Waals surface area contributed by atoms with Crippen molar-refractivity contribution in [2.45, 2.75) is 51.7 Å². The Morgan fingerprint density at radius 2 is 1.83 bits per heavy atom. The molecule has 0 aromatic heterocycles. The van der Waals surface area contributed by atoms with Gasteiger partial charge in [0, 0.05) is 32.5 Å². The van der Waals surface area contributed by atoms with E-state index in [0.717, 1.165) is 12.0 Å². The van der Waals surface area contributed by atoms with E-state index in [1.165, 1.54) is 5.56 Å². The molecule has 0 spiro atoms. The van der Waals surface area contributed by atoms with E-state index in [-0.39, 0.29) is 30.8 Å². The highest BCUT2D eigenvalue weighted by Crippen LogP contribution is 2.12. The van der Waals surface area contributed by atoms with Gasteiger partial charge in [-0.05, 0) is 30.4 Å². The molecule has 2 rings (SSSR count). The zero-order valence-corrected chi connectivity index (χ0v) is 13.8. The Kier molecular flexibility index (Phi) is 6.59. The zero-order valence-electron chi connectivity index (χ0n) is 13.8. The van der Waals surface area contributed by atoms with Crippen molar-refractivity contribution in [3.8, 4) is 0 Å². The SMILES string of the molecule is CCc1ccccc1CNC(=O)CCC(=O)N1CCC(O)CC1. The number of benzene rings is 1. The number of nitrogens with one attached hydrogen (secondary N) is 1. The first-order valence-corrected chi connectivity index (χ1v) is 8.39. The van der Waals surface area contributed by atoms with Crippen LogP contribution in [0, 0.1) is 0 Å². The first-order chi connectivity index (χ1) is 11.1. The number of hydrogen-bond donors (Lipinski definition) is 2. The van der Waals surface area contributed by atoms with Gasteiger partial charge >= 0.3 is 0 Å². The van der Waals surface area contributed by atoms with Crippen LogP contribution >= 0.6 is 0 Å². The first-order valence-electron chi connectivity index (χ1n) is 8.39. The average Bonchev–Trinajstić information content (AvgIpc) is 2.58. The molecule has 1 heterocycles. The number of carbonyl (C=O) groups excluding carboxylic acids is 2. The van der Waals surface area contributed by atoms with Gasteiger partial charge in [0.15, 0.2) is 0 Å². The molecule has 1 aliphatic rings. The summed E-state index contributed by atoms with van der Waals surface area (Å²) in [5, 5.41) is 12.3. The van der Waals surface area contributed by atoms with E-state index in [2.05, 4.69) is 18.3 Å². The molecule has 5 nitrogen and oxygen atoms in total. The van der Waals surface area contributed by atoms with E-state index in [4.69, 9.17) is 0 Å². The number of hydrogen-bond acceptors (Lipinski definition) is 3. The minimum absolute atomic E-state index is 0.000934. The van der Waals surface area contributed by atoms with Crippen molar-refractivity contribution in [2.75, 3.05) is 13.1 Å². The summed E-state index contributed by atoms with van der Waals surface area (Å²) in [7, 11) is 0. The van der Waals surface area contributed by atoms with Gasteiger partial charge < -0.3 is 15.3 Å². The van der Waals surface area contributed by atoms with Gasteiger partial charge in [-0.3, -0.25) is 9.59 Å². The Labute approximate surface area is 137 Å². The van der Waals surface area contributed by atoms with Crippen LogP contribution in [0.3, 0.4) is 0 Å². The number of carbonyl (C=O) groups is 2. The number of aliphatic hydroxyl groups is 1. The number of aliphatic hydroxyl groups excluding tert-OH is 1. The summed E-state index contributed by atoms with van der Waals surface area (Å²) in [6, 6.07) is 8.05.